The SMILES string of the molecule is Cc1ncccc1CC(=O)C(=O)O. The van der Waals surface area contributed by atoms with Crippen molar-refractivity contribution in [2.24, 2.45) is 0 Å². The van der Waals surface area contributed by atoms with Crippen LogP contribution in [0.2, 0.25) is 0 Å². The molecule has 0 fully saturated rings. The van der Waals surface area contributed by atoms with Gasteiger partial charge in [0.1, 0.15) is 0 Å². The van der Waals surface area contributed by atoms with Crippen molar-refractivity contribution in [1.29, 1.82) is 0 Å². The van der Waals surface area contributed by atoms with Crippen molar-refractivity contribution in [3.63, 3.8) is 0 Å². The molecule has 1 aromatic heterocycles. The molecule has 0 radical (unpaired) electrons. The molecule has 0 aliphatic rings. The smallest absolute Gasteiger partial charge is 0.372 e. The van der Waals surface area contributed by atoms with Gasteiger partial charge in [0.25, 0.3) is 0 Å². The summed E-state index contributed by atoms with van der Waals surface area (Å²) in [6.07, 6.45) is 1.51. The highest BCUT2D eigenvalue weighted by atomic mass is 16.4. The summed E-state index contributed by atoms with van der Waals surface area (Å²) in [5.41, 5.74) is 1.35. The lowest BCUT2D eigenvalue weighted by Gasteiger charge is -2.00. The zero-order chi connectivity index (χ0) is 9.84. The minimum absolute atomic E-state index is 0.0883. The lowest BCUT2D eigenvalue weighted by atomic mass is 10.1. The van der Waals surface area contributed by atoms with Crippen molar-refractivity contribution >= 4 is 11.8 Å². The molecule has 0 aliphatic heterocycles. The van der Waals surface area contributed by atoms with Crippen molar-refractivity contribution in [3.8, 4) is 0 Å². The second kappa shape index (κ2) is 3.80. The van der Waals surface area contributed by atoms with Crippen molar-refractivity contribution in [2.75, 3.05) is 0 Å². The highest BCUT2D eigenvalue weighted by Crippen LogP contribution is 2.04. The topological polar surface area (TPSA) is 67.3 Å². The molecule has 0 spiro atoms. The predicted octanol–water partition coefficient (Wildman–Crippen LogP) is 0.586. The third kappa shape index (κ3) is 2.37. The summed E-state index contributed by atoms with van der Waals surface area (Å²) < 4.78 is 0. The standard InChI is InChI=1S/C9H9NO3/c1-6-7(3-2-4-10-6)5-8(11)9(12)13/h2-4H,5H2,1H3,(H,12,13). The maximum atomic E-state index is 10.8. The van der Waals surface area contributed by atoms with Crippen molar-refractivity contribution < 1.29 is 14.7 Å². The molecular weight excluding hydrogens is 170 g/mol. The third-order valence-corrected chi connectivity index (χ3v) is 1.71. The Kier molecular flexibility index (Phi) is 2.74. The number of Topliss-reactive ketones (excluding diaryl/α,β-unsaturated/α-hetero) is 1. The minimum atomic E-state index is -1.40. The Labute approximate surface area is 75.2 Å². The van der Waals surface area contributed by atoms with Crippen LogP contribution >= 0.6 is 0 Å². The van der Waals surface area contributed by atoms with Crippen molar-refractivity contribution in [3.05, 3.63) is 29.6 Å². The Morgan fingerprint density at radius 2 is 2.23 bits per heavy atom. The molecule has 0 saturated carbocycles. The summed E-state index contributed by atoms with van der Waals surface area (Å²) >= 11 is 0. The zero-order valence-corrected chi connectivity index (χ0v) is 7.15. The molecule has 13 heavy (non-hydrogen) atoms. The Balaban J connectivity index is 2.81. The number of aromatic nitrogens is 1. The number of carboxylic acids is 1. The number of aliphatic carboxylic acids is 1. The van der Waals surface area contributed by atoms with Crippen molar-refractivity contribution in [1.82, 2.24) is 4.98 Å². The number of carbonyl (C=O) groups is 2. The van der Waals surface area contributed by atoms with Crippen LogP contribution in [0.4, 0.5) is 0 Å². The van der Waals surface area contributed by atoms with Gasteiger partial charge in [0.15, 0.2) is 0 Å². The Morgan fingerprint density at radius 3 is 2.77 bits per heavy atom. The first-order valence-electron chi connectivity index (χ1n) is 3.78. The van der Waals surface area contributed by atoms with Gasteiger partial charge in [-0.2, -0.15) is 0 Å². The van der Waals surface area contributed by atoms with Gasteiger partial charge >= 0.3 is 5.97 Å². The van der Waals surface area contributed by atoms with Gasteiger partial charge in [-0.1, -0.05) is 6.07 Å². The summed E-state index contributed by atoms with van der Waals surface area (Å²) in [4.78, 5) is 25.0. The molecule has 0 amide bonds. The fourth-order valence-corrected chi connectivity index (χ4v) is 0.953. The molecule has 0 bridgehead atoms. The van der Waals surface area contributed by atoms with E-state index in [0.717, 1.165) is 0 Å². The second-order valence-electron chi connectivity index (χ2n) is 2.65. The first-order valence-corrected chi connectivity index (χ1v) is 3.78. The number of aryl methyl sites for hydroxylation is 1. The number of pyridine rings is 1. The van der Waals surface area contributed by atoms with Crippen LogP contribution in [-0.2, 0) is 16.0 Å². The molecule has 1 N–H and O–H groups in total. The molecule has 0 saturated heterocycles. The van der Waals surface area contributed by atoms with Crippen LogP contribution in [0.25, 0.3) is 0 Å². The average Bonchev–Trinajstić information content (AvgIpc) is 2.08. The summed E-state index contributed by atoms with van der Waals surface area (Å²) in [5.74, 6) is -2.21. The third-order valence-electron chi connectivity index (χ3n) is 1.71. The maximum absolute atomic E-state index is 10.8. The quantitative estimate of drug-likeness (QED) is 0.689. The van der Waals surface area contributed by atoms with Crippen LogP contribution < -0.4 is 0 Å². The van der Waals surface area contributed by atoms with Crippen LogP contribution in [0.5, 0.6) is 0 Å². The van der Waals surface area contributed by atoms with Gasteiger partial charge in [0, 0.05) is 18.3 Å². The Bertz CT molecular complexity index is 346. The fraction of sp³-hybridized carbons (Fsp3) is 0.222. The molecule has 1 rings (SSSR count). The Morgan fingerprint density at radius 1 is 1.54 bits per heavy atom. The van der Waals surface area contributed by atoms with E-state index in [0.29, 0.717) is 11.3 Å². The van der Waals surface area contributed by atoms with Crippen LogP contribution in [0.15, 0.2) is 18.3 Å². The molecule has 4 heteroatoms. The number of hydrogen-bond donors (Lipinski definition) is 1. The first kappa shape index (κ1) is 9.38. The molecular formula is C9H9NO3. The predicted molar refractivity (Wildman–Crippen MR) is 45.3 cm³/mol. The highest BCUT2D eigenvalue weighted by Gasteiger charge is 2.13. The van der Waals surface area contributed by atoms with E-state index in [1.54, 1.807) is 25.3 Å². The van der Waals surface area contributed by atoms with E-state index in [1.165, 1.54) is 0 Å². The molecule has 1 heterocycles. The molecule has 0 atom stereocenters. The highest BCUT2D eigenvalue weighted by molar-refractivity contribution is 6.33. The van der Waals surface area contributed by atoms with E-state index in [2.05, 4.69) is 4.98 Å². The largest absolute Gasteiger partial charge is 0.475 e. The molecule has 0 unspecified atom stereocenters. The minimum Gasteiger partial charge on any atom is -0.475 e. The molecule has 0 aromatic carbocycles. The molecule has 1 aromatic rings. The summed E-state index contributed by atoms with van der Waals surface area (Å²) in [5, 5.41) is 8.36. The van der Waals surface area contributed by atoms with Gasteiger partial charge in [-0.25, -0.2) is 4.79 Å². The molecule has 4 nitrogen and oxygen atoms in total. The van der Waals surface area contributed by atoms with Gasteiger partial charge in [-0.05, 0) is 18.6 Å². The van der Waals surface area contributed by atoms with E-state index >= 15 is 0 Å². The summed E-state index contributed by atoms with van der Waals surface area (Å²) in [6.45, 7) is 1.74. The fourth-order valence-electron chi connectivity index (χ4n) is 0.953. The van der Waals surface area contributed by atoms with E-state index in [9.17, 15) is 9.59 Å². The number of ketones is 1. The van der Waals surface area contributed by atoms with Gasteiger partial charge in [-0.15, -0.1) is 0 Å². The Hall–Kier alpha value is -1.71. The number of rotatable bonds is 3. The normalized spacial score (nSPS) is 9.62. The number of nitrogens with zero attached hydrogens (tertiary/aromatic N) is 1. The van der Waals surface area contributed by atoms with Gasteiger partial charge < -0.3 is 5.11 Å². The van der Waals surface area contributed by atoms with Crippen LogP contribution in [-0.4, -0.2) is 21.8 Å². The summed E-state index contributed by atoms with van der Waals surface area (Å²) in [7, 11) is 0. The number of carboxylic acid groups (broad SMARTS) is 1. The molecule has 0 aliphatic carbocycles. The number of carbonyl (C=O) groups excluding carboxylic acids is 1. The first-order chi connectivity index (χ1) is 6.11. The summed E-state index contributed by atoms with van der Waals surface area (Å²) in [6, 6.07) is 3.38. The zero-order valence-electron chi connectivity index (χ0n) is 7.15. The lowest BCUT2D eigenvalue weighted by Crippen LogP contribution is -2.15. The van der Waals surface area contributed by atoms with Gasteiger partial charge in [-0.3, -0.25) is 9.78 Å². The average molecular weight is 179 g/mol. The van der Waals surface area contributed by atoms with Crippen LogP contribution in [0.3, 0.4) is 0 Å². The molecule has 68 valence electrons. The van der Waals surface area contributed by atoms with Gasteiger partial charge in [0.2, 0.25) is 5.78 Å². The van der Waals surface area contributed by atoms with E-state index < -0.39 is 11.8 Å². The van der Waals surface area contributed by atoms with Crippen LogP contribution in [0, 0.1) is 6.92 Å². The van der Waals surface area contributed by atoms with Crippen LogP contribution in [0.1, 0.15) is 11.3 Å². The van der Waals surface area contributed by atoms with Crippen molar-refractivity contribution in [2.45, 2.75) is 13.3 Å². The van der Waals surface area contributed by atoms with Gasteiger partial charge in [0.05, 0.1) is 0 Å². The lowest BCUT2D eigenvalue weighted by molar-refractivity contribution is -0.148. The maximum Gasteiger partial charge on any atom is 0.372 e. The van der Waals surface area contributed by atoms with E-state index in [-0.39, 0.29) is 6.42 Å². The van der Waals surface area contributed by atoms with E-state index in [4.69, 9.17) is 5.11 Å². The second-order valence-corrected chi connectivity index (χ2v) is 2.65. The van der Waals surface area contributed by atoms with E-state index in [1.807, 2.05) is 0 Å². The monoisotopic (exact) mass is 179 g/mol. The number of hydrogen-bond acceptors (Lipinski definition) is 3.